The standard InChI is InChI=1S/C40H48N4O5S/c1-6-7-8-9-10-21-49-31-17-15-28(16-18-31)30-23-41-35(42-24-30)29-13-11-27(12-14-29)22-32(37(46)44-25-40(5,26-44)38(47)48)43-36(45)33-19-20-34(50-33)39(2,3)4/h11-20,23-24,32H,6-10,21-22,25-26H2,1-5H3,(H,43,45)(H,47,48)/t32-/m0/s1. The number of nitrogens with zero attached hydrogens (tertiary/aromatic N) is 3. The molecule has 0 radical (unpaired) electrons. The van der Waals surface area contributed by atoms with Crippen molar-refractivity contribution in [3.05, 3.63) is 88.4 Å². The Morgan fingerprint density at radius 3 is 2.14 bits per heavy atom. The molecule has 0 bridgehead atoms. The smallest absolute Gasteiger partial charge is 0.312 e. The highest BCUT2D eigenvalue weighted by molar-refractivity contribution is 7.14. The highest BCUT2D eigenvalue weighted by atomic mass is 32.1. The summed E-state index contributed by atoms with van der Waals surface area (Å²) in [7, 11) is 0. The van der Waals surface area contributed by atoms with E-state index in [2.05, 4.69) is 43.0 Å². The Balaban J connectivity index is 1.23. The molecule has 264 valence electrons. The number of benzene rings is 2. The van der Waals surface area contributed by atoms with Crippen LogP contribution < -0.4 is 10.1 Å². The molecule has 50 heavy (non-hydrogen) atoms. The van der Waals surface area contributed by atoms with Crippen molar-refractivity contribution in [1.29, 1.82) is 0 Å². The molecule has 2 amide bonds. The molecule has 2 aromatic heterocycles. The van der Waals surface area contributed by atoms with Crippen molar-refractivity contribution in [2.75, 3.05) is 19.7 Å². The van der Waals surface area contributed by atoms with Gasteiger partial charge in [0.15, 0.2) is 5.82 Å². The van der Waals surface area contributed by atoms with Crippen LogP contribution in [-0.2, 0) is 21.4 Å². The van der Waals surface area contributed by atoms with E-state index in [9.17, 15) is 19.5 Å². The minimum Gasteiger partial charge on any atom is -0.494 e. The van der Waals surface area contributed by atoms with Crippen molar-refractivity contribution in [2.45, 2.75) is 84.6 Å². The molecule has 4 aromatic rings. The Hall–Kier alpha value is -4.57. The quantitative estimate of drug-likeness (QED) is 0.122. The number of thiophene rings is 1. The van der Waals surface area contributed by atoms with E-state index in [0.29, 0.717) is 10.7 Å². The molecule has 1 aliphatic rings. The van der Waals surface area contributed by atoms with Gasteiger partial charge in [-0.1, -0.05) is 89.8 Å². The predicted molar refractivity (Wildman–Crippen MR) is 197 cm³/mol. The zero-order valence-corrected chi connectivity index (χ0v) is 30.5. The summed E-state index contributed by atoms with van der Waals surface area (Å²) in [5.41, 5.74) is 2.49. The van der Waals surface area contributed by atoms with Crippen LogP contribution >= 0.6 is 11.3 Å². The number of carbonyl (C=O) groups excluding carboxylic acids is 2. The predicted octanol–water partition coefficient (Wildman–Crippen LogP) is 7.79. The molecule has 1 saturated heterocycles. The first-order valence-electron chi connectivity index (χ1n) is 17.4. The molecule has 3 heterocycles. The van der Waals surface area contributed by atoms with Crippen LogP contribution in [0.3, 0.4) is 0 Å². The van der Waals surface area contributed by atoms with E-state index < -0.39 is 17.4 Å². The minimum atomic E-state index is -0.984. The van der Waals surface area contributed by atoms with Crippen LogP contribution in [0, 0.1) is 5.41 Å². The van der Waals surface area contributed by atoms with Gasteiger partial charge in [-0.15, -0.1) is 11.3 Å². The lowest BCUT2D eigenvalue weighted by Gasteiger charge is -2.46. The number of aliphatic carboxylic acids is 1. The summed E-state index contributed by atoms with van der Waals surface area (Å²) in [5.74, 6) is -0.127. The number of nitrogens with one attached hydrogen (secondary N) is 1. The van der Waals surface area contributed by atoms with Gasteiger partial charge in [-0.05, 0) is 54.2 Å². The number of hydrogen-bond acceptors (Lipinski definition) is 7. The highest BCUT2D eigenvalue weighted by Crippen LogP contribution is 2.32. The third kappa shape index (κ3) is 9.15. The molecule has 1 aliphatic heterocycles. The average molecular weight is 697 g/mol. The van der Waals surface area contributed by atoms with Crippen LogP contribution in [0.4, 0.5) is 0 Å². The average Bonchev–Trinajstić information content (AvgIpc) is 3.60. The first kappa shape index (κ1) is 36.7. The van der Waals surface area contributed by atoms with E-state index >= 15 is 0 Å². The lowest BCUT2D eigenvalue weighted by molar-refractivity contribution is -0.164. The normalized spacial score (nSPS) is 14.5. The number of carboxylic acid groups (broad SMARTS) is 1. The Morgan fingerprint density at radius 1 is 0.900 bits per heavy atom. The van der Waals surface area contributed by atoms with Gasteiger partial charge < -0.3 is 20.1 Å². The van der Waals surface area contributed by atoms with Crippen molar-refractivity contribution >= 4 is 29.1 Å². The first-order valence-corrected chi connectivity index (χ1v) is 18.3. The van der Waals surface area contributed by atoms with Gasteiger partial charge in [-0.2, -0.15) is 0 Å². The maximum Gasteiger partial charge on any atom is 0.312 e. The molecule has 0 spiro atoms. The van der Waals surface area contributed by atoms with Gasteiger partial charge in [0.05, 0.1) is 16.9 Å². The molecule has 1 atom stereocenters. The van der Waals surface area contributed by atoms with E-state index in [0.717, 1.165) is 45.9 Å². The molecule has 10 heteroatoms. The van der Waals surface area contributed by atoms with Crippen LogP contribution in [0.2, 0.25) is 0 Å². The topological polar surface area (TPSA) is 122 Å². The number of hydrogen-bond donors (Lipinski definition) is 2. The fraction of sp³-hybridized carbons (Fsp3) is 0.425. The van der Waals surface area contributed by atoms with Gasteiger partial charge >= 0.3 is 5.97 Å². The molecule has 2 N–H and O–H groups in total. The Bertz CT molecular complexity index is 1760. The van der Waals surface area contributed by atoms with Crippen LogP contribution in [-0.4, -0.2) is 63.5 Å². The number of ether oxygens (including phenoxy) is 1. The largest absolute Gasteiger partial charge is 0.494 e. The second-order valence-corrected chi connectivity index (χ2v) is 15.6. The SMILES string of the molecule is CCCCCCCOc1ccc(-c2cnc(-c3ccc(C[C@H](NC(=O)c4ccc(C(C)(C)C)s4)C(=O)N4CC(C)(C(=O)O)C4)cc3)nc2)cc1. The molecule has 9 nitrogen and oxygen atoms in total. The Kier molecular flexibility index (Phi) is 11.7. The van der Waals surface area contributed by atoms with Crippen LogP contribution in [0.15, 0.2) is 73.1 Å². The third-order valence-electron chi connectivity index (χ3n) is 9.09. The number of carboxylic acids is 1. The van der Waals surface area contributed by atoms with E-state index in [-0.39, 0.29) is 36.7 Å². The van der Waals surface area contributed by atoms with Crippen molar-refractivity contribution in [3.63, 3.8) is 0 Å². The second-order valence-electron chi connectivity index (χ2n) is 14.5. The summed E-state index contributed by atoms with van der Waals surface area (Å²) < 4.78 is 5.89. The van der Waals surface area contributed by atoms with Crippen LogP contribution in [0.5, 0.6) is 5.75 Å². The summed E-state index contributed by atoms with van der Waals surface area (Å²) in [6.45, 7) is 11.0. The van der Waals surface area contributed by atoms with Gasteiger partial charge in [0.2, 0.25) is 5.91 Å². The molecule has 0 unspecified atom stereocenters. The summed E-state index contributed by atoms with van der Waals surface area (Å²) in [6, 6.07) is 18.5. The molecule has 0 aliphatic carbocycles. The van der Waals surface area contributed by atoms with Gasteiger partial charge in [-0.3, -0.25) is 14.4 Å². The molecular weight excluding hydrogens is 649 g/mol. The Morgan fingerprint density at radius 2 is 1.54 bits per heavy atom. The molecule has 2 aromatic carbocycles. The van der Waals surface area contributed by atoms with Crippen molar-refractivity contribution < 1.29 is 24.2 Å². The Labute approximate surface area is 299 Å². The monoisotopic (exact) mass is 696 g/mol. The number of aromatic nitrogens is 2. The van der Waals surface area contributed by atoms with Crippen molar-refractivity contribution in [1.82, 2.24) is 20.2 Å². The van der Waals surface area contributed by atoms with Gasteiger partial charge in [0.25, 0.3) is 5.91 Å². The van der Waals surface area contributed by atoms with Crippen LogP contribution in [0.25, 0.3) is 22.5 Å². The van der Waals surface area contributed by atoms with Gasteiger partial charge in [-0.25, -0.2) is 9.97 Å². The number of likely N-dealkylation sites (tertiary alicyclic amines) is 1. The molecule has 1 fully saturated rings. The first-order chi connectivity index (χ1) is 23.9. The van der Waals surface area contributed by atoms with E-state index in [1.54, 1.807) is 25.4 Å². The number of rotatable bonds is 15. The maximum absolute atomic E-state index is 13.6. The summed E-state index contributed by atoms with van der Waals surface area (Å²) in [6.07, 6.45) is 9.88. The van der Waals surface area contributed by atoms with Gasteiger partial charge in [0, 0.05) is 47.9 Å². The maximum atomic E-state index is 13.6. The fourth-order valence-corrected chi connectivity index (χ4v) is 6.86. The van der Waals surface area contributed by atoms with E-state index in [1.807, 2.05) is 54.6 Å². The molecular formula is C40H48N4O5S. The van der Waals surface area contributed by atoms with E-state index in [1.165, 1.54) is 41.9 Å². The summed E-state index contributed by atoms with van der Waals surface area (Å²) >= 11 is 1.41. The summed E-state index contributed by atoms with van der Waals surface area (Å²) in [4.78, 5) is 50.9. The lowest BCUT2D eigenvalue weighted by Crippen LogP contribution is -2.64. The van der Waals surface area contributed by atoms with Crippen molar-refractivity contribution in [2.24, 2.45) is 5.41 Å². The fourth-order valence-electron chi connectivity index (χ4n) is 5.89. The lowest BCUT2D eigenvalue weighted by atomic mass is 9.81. The van der Waals surface area contributed by atoms with Crippen molar-refractivity contribution in [3.8, 4) is 28.3 Å². The second kappa shape index (κ2) is 16.0. The third-order valence-corrected chi connectivity index (χ3v) is 10.6. The molecule has 5 rings (SSSR count). The number of amides is 2. The zero-order valence-electron chi connectivity index (χ0n) is 29.7. The van der Waals surface area contributed by atoms with Crippen LogP contribution in [0.1, 0.15) is 86.8 Å². The molecule has 0 saturated carbocycles. The van der Waals surface area contributed by atoms with E-state index in [4.69, 9.17) is 4.74 Å². The minimum absolute atomic E-state index is 0.100. The highest BCUT2D eigenvalue weighted by Gasteiger charge is 2.48. The number of unbranched alkanes of at least 4 members (excludes halogenated alkanes) is 4. The zero-order chi connectivity index (χ0) is 35.9. The van der Waals surface area contributed by atoms with Gasteiger partial charge in [0.1, 0.15) is 11.8 Å². The number of carbonyl (C=O) groups is 3. The summed E-state index contributed by atoms with van der Waals surface area (Å²) in [5, 5.41) is 12.5.